The van der Waals surface area contributed by atoms with Crippen LogP contribution >= 0.6 is 0 Å². The number of hydrogen-bond donors (Lipinski definition) is 0. The van der Waals surface area contributed by atoms with Gasteiger partial charge in [-0.05, 0) is 78.9 Å². The van der Waals surface area contributed by atoms with E-state index in [1.165, 1.54) is 38.5 Å². The Morgan fingerprint density at radius 2 is 1.50 bits per heavy atom. The van der Waals surface area contributed by atoms with Crippen molar-refractivity contribution in [3.63, 3.8) is 0 Å². The molecule has 3 aliphatic carbocycles. The van der Waals surface area contributed by atoms with Gasteiger partial charge in [0.15, 0.2) is 5.78 Å². The van der Waals surface area contributed by atoms with E-state index in [0.29, 0.717) is 17.1 Å². The Morgan fingerprint density at radius 3 is 2.21 bits per heavy atom. The molecule has 7 atom stereocenters. The second-order valence-corrected chi connectivity index (χ2v) is 11.4. The van der Waals surface area contributed by atoms with Crippen LogP contribution in [0.1, 0.15) is 89.9 Å². The molecule has 3 fully saturated rings. The molecular formula is C27H40O. The summed E-state index contributed by atoms with van der Waals surface area (Å²) < 4.78 is 0. The van der Waals surface area contributed by atoms with Crippen molar-refractivity contribution in [1.82, 2.24) is 0 Å². The van der Waals surface area contributed by atoms with Gasteiger partial charge in [-0.1, -0.05) is 71.4 Å². The van der Waals surface area contributed by atoms with Crippen LogP contribution in [-0.4, -0.2) is 5.78 Å². The highest BCUT2D eigenvalue weighted by Crippen LogP contribution is 2.61. The summed E-state index contributed by atoms with van der Waals surface area (Å²) in [5, 5.41) is 0. The molecule has 4 rings (SSSR count). The number of rotatable bonds is 2. The van der Waals surface area contributed by atoms with Gasteiger partial charge >= 0.3 is 0 Å². The van der Waals surface area contributed by atoms with Gasteiger partial charge in [0.2, 0.25) is 0 Å². The molecule has 1 aromatic carbocycles. The number of Topliss-reactive ketones (excluding diaryl/α,β-unsaturated/α-hetero) is 1. The highest BCUT2D eigenvalue weighted by atomic mass is 16.1. The highest BCUT2D eigenvalue weighted by Gasteiger charge is 2.55. The van der Waals surface area contributed by atoms with Crippen molar-refractivity contribution in [2.75, 3.05) is 0 Å². The summed E-state index contributed by atoms with van der Waals surface area (Å²) in [5.41, 5.74) is 1.54. The largest absolute Gasteiger partial charge is 0.294 e. The zero-order valence-electron chi connectivity index (χ0n) is 18.7. The van der Waals surface area contributed by atoms with E-state index in [0.717, 1.165) is 35.7 Å². The molecule has 3 saturated carbocycles. The van der Waals surface area contributed by atoms with Crippen LogP contribution in [0.25, 0.3) is 0 Å². The summed E-state index contributed by atoms with van der Waals surface area (Å²) in [6.45, 7) is 12.6. The summed E-state index contributed by atoms with van der Waals surface area (Å²) in [6, 6.07) is 10.1. The van der Waals surface area contributed by atoms with Crippen LogP contribution in [0, 0.1) is 46.3 Å². The molecule has 28 heavy (non-hydrogen) atoms. The van der Waals surface area contributed by atoms with E-state index >= 15 is 0 Å². The van der Waals surface area contributed by atoms with Crippen molar-refractivity contribution in [3.8, 4) is 0 Å². The first-order valence-corrected chi connectivity index (χ1v) is 11.8. The molecule has 3 aliphatic rings. The van der Waals surface area contributed by atoms with E-state index in [-0.39, 0.29) is 11.3 Å². The van der Waals surface area contributed by atoms with Crippen molar-refractivity contribution in [1.29, 1.82) is 0 Å². The Balaban J connectivity index is 1.70. The maximum Gasteiger partial charge on any atom is 0.166 e. The van der Waals surface area contributed by atoms with E-state index in [9.17, 15) is 4.79 Å². The molecule has 0 saturated heterocycles. The topological polar surface area (TPSA) is 17.1 Å². The van der Waals surface area contributed by atoms with Gasteiger partial charge in [-0.15, -0.1) is 0 Å². The number of benzene rings is 1. The molecule has 154 valence electrons. The van der Waals surface area contributed by atoms with Crippen molar-refractivity contribution >= 4 is 5.78 Å². The Labute approximate surface area is 172 Å². The molecule has 0 N–H and O–H groups in total. The zero-order valence-corrected chi connectivity index (χ0v) is 18.7. The summed E-state index contributed by atoms with van der Waals surface area (Å²) in [4.78, 5) is 13.6. The average Bonchev–Trinajstić information content (AvgIpc) is 2.66. The van der Waals surface area contributed by atoms with Crippen LogP contribution in [0.5, 0.6) is 0 Å². The zero-order chi connectivity index (χ0) is 20.1. The summed E-state index contributed by atoms with van der Waals surface area (Å²) >= 11 is 0. The second kappa shape index (κ2) is 7.29. The normalized spacial score (nSPS) is 42.8. The molecule has 0 aliphatic heterocycles. The van der Waals surface area contributed by atoms with E-state index in [1.54, 1.807) is 0 Å². The molecule has 1 unspecified atom stereocenters. The minimum Gasteiger partial charge on any atom is -0.294 e. The van der Waals surface area contributed by atoms with Crippen molar-refractivity contribution in [2.45, 2.75) is 79.6 Å². The first-order valence-electron chi connectivity index (χ1n) is 11.8. The maximum absolute atomic E-state index is 13.6. The fourth-order valence-corrected chi connectivity index (χ4v) is 7.89. The first-order chi connectivity index (χ1) is 13.2. The predicted octanol–water partition coefficient (Wildman–Crippen LogP) is 7.41. The van der Waals surface area contributed by atoms with E-state index in [4.69, 9.17) is 0 Å². The molecule has 0 radical (unpaired) electrons. The highest BCUT2D eigenvalue weighted by molar-refractivity contribution is 5.98. The molecular weight excluding hydrogens is 340 g/mol. The Bertz CT molecular complexity index is 704. The molecule has 0 spiro atoms. The number of hydrogen-bond acceptors (Lipinski definition) is 1. The standard InChI is InChI=1S/C27H40O/c1-18-11-13-21-17-24-19(2)12-14-23(25(28)20-9-7-6-8-10-20)27(24,5)16-15-22(18)26(21,3)4/h6-10,18-19,21-24H,11-17H2,1-5H3/t18-,19-,21+,22+,23?,24-,27-/m1/s1. The minimum atomic E-state index is 0.161. The molecule has 1 aromatic rings. The van der Waals surface area contributed by atoms with Crippen LogP contribution in [-0.2, 0) is 0 Å². The van der Waals surface area contributed by atoms with Crippen molar-refractivity contribution in [3.05, 3.63) is 35.9 Å². The Hall–Kier alpha value is -1.11. The third-order valence-corrected chi connectivity index (χ3v) is 9.81. The molecule has 0 amide bonds. The van der Waals surface area contributed by atoms with Crippen molar-refractivity contribution < 1.29 is 4.79 Å². The lowest BCUT2D eigenvalue weighted by Crippen LogP contribution is -2.52. The number of carbonyl (C=O) groups excluding carboxylic acids is 1. The van der Waals surface area contributed by atoms with E-state index in [2.05, 4.69) is 34.6 Å². The third-order valence-electron chi connectivity index (χ3n) is 9.81. The average molecular weight is 381 g/mol. The smallest absolute Gasteiger partial charge is 0.166 e. The lowest BCUT2D eigenvalue weighted by Gasteiger charge is -2.58. The summed E-state index contributed by atoms with van der Waals surface area (Å²) in [6.07, 6.45) is 8.97. The van der Waals surface area contributed by atoms with Crippen LogP contribution in [0.4, 0.5) is 0 Å². The lowest BCUT2D eigenvalue weighted by atomic mass is 9.46. The quantitative estimate of drug-likeness (QED) is 0.488. The summed E-state index contributed by atoms with van der Waals surface area (Å²) in [5.74, 6) is 4.52. The van der Waals surface area contributed by atoms with Gasteiger partial charge in [0.1, 0.15) is 0 Å². The summed E-state index contributed by atoms with van der Waals surface area (Å²) in [7, 11) is 0. The maximum atomic E-state index is 13.6. The number of carbonyl (C=O) groups is 1. The lowest BCUT2D eigenvalue weighted by molar-refractivity contribution is -0.0846. The number of ketones is 1. The first kappa shape index (κ1) is 20.2. The van der Waals surface area contributed by atoms with Crippen LogP contribution in [0.15, 0.2) is 30.3 Å². The van der Waals surface area contributed by atoms with Crippen LogP contribution < -0.4 is 0 Å². The van der Waals surface area contributed by atoms with Gasteiger partial charge in [0.25, 0.3) is 0 Å². The van der Waals surface area contributed by atoms with Gasteiger partial charge in [-0.25, -0.2) is 0 Å². The van der Waals surface area contributed by atoms with Crippen molar-refractivity contribution in [2.24, 2.45) is 46.3 Å². The molecule has 1 nitrogen and oxygen atoms in total. The minimum absolute atomic E-state index is 0.161. The molecule has 1 heteroatoms. The number of fused-ring (bicyclic) bond motifs is 3. The third kappa shape index (κ3) is 3.17. The second-order valence-electron chi connectivity index (χ2n) is 11.4. The molecule has 0 heterocycles. The van der Waals surface area contributed by atoms with E-state index < -0.39 is 0 Å². The van der Waals surface area contributed by atoms with Crippen LogP contribution in [0.3, 0.4) is 0 Å². The molecule has 2 bridgehead atoms. The molecule has 0 aromatic heterocycles. The van der Waals surface area contributed by atoms with E-state index in [1.807, 2.05) is 30.3 Å². The Morgan fingerprint density at radius 1 is 0.857 bits per heavy atom. The fourth-order valence-electron chi connectivity index (χ4n) is 7.89. The van der Waals surface area contributed by atoms with Gasteiger partial charge in [0, 0.05) is 11.5 Å². The van der Waals surface area contributed by atoms with Gasteiger partial charge in [-0.2, -0.15) is 0 Å². The fraction of sp³-hybridized carbons (Fsp3) is 0.741. The monoisotopic (exact) mass is 380 g/mol. The van der Waals surface area contributed by atoms with Gasteiger partial charge < -0.3 is 0 Å². The van der Waals surface area contributed by atoms with Gasteiger partial charge in [0.05, 0.1) is 0 Å². The Kier molecular flexibility index (Phi) is 5.26. The SMILES string of the molecule is C[C@@H]1CCC(C(=O)c2ccccc2)[C@@]2(C)CC[C@H]3[C@H](C)CC[C@@H](C[C@H]12)C3(C)C. The van der Waals surface area contributed by atoms with Crippen LogP contribution in [0.2, 0.25) is 0 Å². The predicted molar refractivity (Wildman–Crippen MR) is 117 cm³/mol. The van der Waals surface area contributed by atoms with Gasteiger partial charge in [-0.3, -0.25) is 4.79 Å².